The number of amides is 2. The van der Waals surface area contributed by atoms with Crippen molar-refractivity contribution in [2.75, 3.05) is 25.7 Å². The molecular weight excluding hydrogens is 669 g/mol. The molecule has 0 aliphatic heterocycles. The van der Waals surface area contributed by atoms with Crippen molar-refractivity contribution in [3.63, 3.8) is 0 Å². The molecule has 10 heteroatoms. The maximum absolute atomic E-state index is 13.6. The van der Waals surface area contributed by atoms with Crippen LogP contribution in [0.2, 0.25) is 0 Å². The topological polar surface area (TPSA) is 116 Å². The molecule has 2 N–H and O–H groups in total. The van der Waals surface area contributed by atoms with Crippen LogP contribution < -0.4 is 5.73 Å². The molecular formula is C40H76N2O6S2. The lowest BCUT2D eigenvalue weighted by Crippen LogP contribution is -2.50. The summed E-state index contributed by atoms with van der Waals surface area (Å²) in [5.41, 5.74) is 5.85. The van der Waals surface area contributed by atoms with Crippen LogP contribution in [0, 0.1) is 0 Å². The standard InChI is InChI=1S/C40H76N2O6S2/c1-5-7-9-11-13-15-17-19-21-23-25-27-29-31-37(43)42(36(40(46)48-4)34-50-49-33-35(41)39(45)47-3)38(44)32-30-28-26-24-22-20-18-16-14-12-10-8-6-2/h35-36H,5-34,41H2,1-4H3/t35?,36-/m0/s1. The number of nitrogens with zero attached hydrogens (tertiary/aromatic N) is 1. The normalized spacial score (nSPS) is 12.4. The van der Waals surface area contributed by atoms with Gasteiger partial charge in [0.25, 0.3) is 0 Å². The Bertz CT molecular complexity index is 805. The third kappa shape index (κ3) is 27.4. The maximum atomic E-state index is 13.6. The summed E-state index contributed by atoms with van der Waals surface area (Å²) in [5.74, 6) is -1.27. The van der Waals surface area contributed by atoms with Crippen molar-refractivity contribution >= 4 is 45.3 Å². The first kappa shape index (κ1) is 48.7. The van der Waals surface area contributed by atoms with E-state index >= 15 is 0 Å². The van der Waals surface area contributed by atoms with Crippen molar-refractivity contribution in [2.45, 2.75) is 206 Å². The van der Waals surface area contributed by atoms with Gasteiger partial charge >= 0.3 is 11.9 Å². The number of nitrogens with two attached hydrogens (primary N) is 1. The van der Waals surface area contributed by atoms with E-state index in [-0.39, 0.29) is 36.2 Å². The molecule has 0 heterocycles. The number of rotatable bonds is 36. The van der Waals surface area contributed by atoms with Crippen LogP contribution in [0.25, 0.3) is 0 Å². The fraction of sp³-hybridized carbons (Fsp3) is 0.900. The van der Waals surface area contributed by atoms with Crippen LogP contribution in [0.3, 0.4) is 0 Å². The molecule has 0 aliphatic carbocycles. The van der Waals surface area contributed by atoms with Crippen LogP contribution in [-0.2, 0) is 28.7 Å². The summed E-state index contributed by atoms with van der Waals surface area (Å²) in [6.45, 7) is 4.50. The molecule has 1 unspecified atom stereocenters. The first-order valence-electron chi connectivity index (χ1n) is 20.3. The Morgan fingerprint density at radius 2 is 0.780 bits per heavy atom. The van der Waals surface area contributed by atoms with Crippen molar-refractivity contribution < 1.29 is 28.7 Å². The van der Waals surface area contributed by atoms with E-state index in [9.17, 15) is 19.2 Å². The number of esters is 2. The summed E-state index contributed by atoms with van der Waals surface area (Å²) in [6, 6.07) is -1.81. The molecule has 2 atom stereocenters. The van der Waals surface area contributed by atoms with Gasteiger partial charge in [0.2, 0.25) is 11.8 Å². The highest BCUT2D eigenvalue weighted by Gasteiger charge is 2.35. The van der Waals surface area contributed by atoms with Crippen LogP contribution in [0.5, 0.6) is 0 Å². The van der Waals surface area contributed by atoms with Gasteiger partial charge in [0.15, 0.2) is 0 Å². The first-order chi connectivity index (χ1) is 24.3. The summed E-state index contributed by atoms with van der Waals surface area (Å²) in [4.78, 5) is 52.9. The average molecular weight is 745 g/mol. The predicted octanol–water partition coefficient (Wildman–Crippen LogP) is 10.7. The number of ether oxygens (including phenoxy) is 2. The molecule has 50 heavy (non-hydrogen) atoms. The lowest BCUT2D eigenvalue weighted by molar-refractivity contribution is -0.158. The maximum Gasteiger partial charge on any atom is 0.329 e. The minimum atomic E-state index is -1.02. The number of hydrogen-bond acceptors (Lipinski definition) is 9. The van der Waals surface area contributed by atoms with Crippen LogP contribution in [0.15, 0.2) is 0 Å². The van der Waals surface area contributed by atoms with E-state index in [0.717, 1.165) is 38.5 Å². The molecule has 0 bridgehead atoms. The fourth-order valence-electron chi connectivity index (χ4n) is 6.15. The zero-order valence-electron chi connectivity index (χ0n) is 32.7. The third-order valence-corrected chi connectivity index (χ3v) is 11.8. The third-order valence-electron chi connectivity index (χ3n) is 9.37. The van der Waals surface area contributed by atoms with Crippen molar-refractivity contribution in [1.82, 2.24) is 4.90 Å². The number of imide groups is 1. The summed E-state index contributed by atoms with van der Waals surface area (Å²) >= 11 is 0. The molecule has 0 saturated heterocycles. The molecule has 0 aromatic rings. The molecule has 0 aromatic heterocycles. The van der Waals surface area contributed by atoms with Crippen molar-refractivity contribution in [2.24, 2.45) is 5.73 Å². The fourth-order valence-corrected chi connectivity index (χ4v) is 8.45. The van der Waals surface area contributed by atoms with E-state index in [2.05, 4.69) is 18.6 Å². The van der Waals surface area contributed by atoms with E-state index in [1.165, 1.54) is 156 Å². The van der Waals surface area contributed by atoms with E-state index in [1.54, 1.807) is 0 Å². The Balaban J connectivity index is 4.82. The molecule has 0 fully saturated rings. The second kappa shape index (κ2) is 36.1. The summed E-state index contributed by atoms with van der Waals surface area (Å²) in [5, 5.41) is 0. The second-order valence-corrected chi connectivity index (χ2v) is 16.4. The van der Waals surface area contributed by atoms with E-state index in [0.29, 0.717) is 12.8 Å². The average Bonchev–Trinajstić information content (AvgIpc) is 3.12. The van der Waals surface area contributed by atoms with Crippen molar-refractivity contribution in [3.8, 4) is 0 Å². The Labute approximate surface area is 315 Å². The van der Waals surface area contributed by atoms with Gasteiger partial charge in [-0.25, -0.2) is 4.79 Å². The Kier molecular flexibility index (Phi) is 35.2. The van der Waals surface area contributed by atoms with Gasteiger partial charge in [0.1, 0.15) is 12.1 Å². The molecule has 294 valence electrons. The smallest absolute Gasteiger partial charge is 0.329 e. The van der Waals surface area contributed by atoms with Gasteiger partial charge in [-0.1, -0.05) is 190 Å². The number of carbonyl (C=O) groups is 4. The lowest BCUT2D eigenvalue weighted by Gasteiger charge is -2.28. The van der Waals surface area contributed by atoms with Crippen LogP contribution in [-0.4, -0.2) is 66.5 Å². The number of carbonyl (C=O) groups excluding carboxylic acids is 4. The Hall–Kier alpha value is -1.26. The monoisotopic (exact) mass is 745 g/mol. The van der Waals surface area contributed by atoms with Crippen molar-refractivity contribution in [3.05, 3.63) is 0 Å². The lowest BCUT2D eigenvalue weighted by atomic mass is 10.0. The van der Waals surface area contributed by atoms with Gasteiger partial charge in [0, 0.05) is 24.3 Å². The minimum absolute atomic E-state index is 0.167. The van der Waals surface area contributed by atoms with Gasteiger partial charge in [0.05, 0.1) is 14.2 Å². The number of unbranched alkanes of at least 4 members (excludes halogenated alkanes) is 24. The van der Waals surface area contributed by atoms with Crippen LogP contribution in [0.1, 0.15) is 194 Å². The quantitative estimate of drug-likeness (QED) is 0.0380. The van der Waals surface area contributed by atoms with Gasteiger partial charge in [-0.15, -0.1) is 0 Å². The zero-order chi connectivity index (χ0) is 37.1. The van der Waals surface area contributed by atoms with Crippen LogP contribution >= 0.6 is 21.6 Å². The Morgan fingerprint density at radius 1 is 0.480 bits per heavy atom. The SMILES string of the molecule is CCCCCCCCCCCCCCCC(=O)N(C(=O)CCCCCCCCCCCCCCC)[C@@H](CSSCC(N)C(=O)OC)C(=O)OC. The molecule has 0 rings (SSSR count). The van der Waals surface area contributed by atoms with E-state index in [1.807, 2.05) is 0 Å². The highest BCUT2D eigenvalue weighted by atomic mass is 33.1. The van der Waals surface area contributed by atoms with Gasteiger partial charge in [-0.3, -0.25) is 19.3 Å². The highest BCUT2D eigenvalue weighted by molar-refractivity contribution is 8.76. The molecule has 8 nitrogen and oxygen atoms in total. The first-order valence-corrected chi connectivity index (χ1v) is 22.8. The van der Waals surface area contributed by atoms with Gasteiger partial charge < -0.3 is 15.2 Å². The summed E-state index contributed by atoms with van der Waals surface area (Å²) < 4.78 is 9.75. The van der Waals surface area contributed by atoms with Gasteiger partial charge in [-0.2, -0.15) is 0 Å². The molecule has 0 radical (unpaired) electrons. The molecule has 0 saturated carbocycles. The second-order valence-electron chi connectivity index (χ2n) is 13.9. The summed E-state index contributed by atoms with van der Waals surface area (Å²) in [6.07, 6.45) is 31.9. The Morgan fingerprint density at radius 3 is 1.10 bits per heavy atom. The van der Waals surface area contributed by atoms with Gasteiger partial charge in [-0.05, 0) is 12.8 Å². The van der Waals surface area contributed by atoms with E-state index in [4.69, 9.17) is 10.5 Å². The summed E-state index contributed by atoms with van der Waals surface area (Å²) in [7, 11) is 5.19. The molecule has 0 spiro atoms. The van der Waals surface area contributed by atoms with Crippen LogP contribution in [0.4, 0.5) is 0 Å². The largest absolute Gasteiger partial charge is 0.468 e. The highest BCUT2D eigenvalue weighted by Crippen LogP contribution is 2.26. The molecule has 0 aromatic carbocycles. The predicted molar refractivity (Wildman–Crippen MR) is 213 cm³/mol. The van der Waals surface area contributed by atoms with Crippen molar-refractivity contribution in [1.29, 1.82) is 0 Å². The minimum Gasteiger partial charge on any atom is -0.468 e. The molecule has 0 aliphatic rings. The zero-order valence-corrected chi connectivity index (χ0v) is 34.3. The number of hydrogen-bond donors (Lipinski definition) is 1. The number of methoxy groups -OCH3 is 2. The molecule has 2 amide bonds. The van der Waals surface area contributed by atoms with E-state index < -0.39 is 24.0 Å².